The van der Waals surface area contributed by atoms with Crippen molar-refractivity contribution in [1.29, 1.82) is 0 Å². The Morgan fingerprint density at radius 2 is 1.88 bits per heavy atom. The van der Waals surface area contributed by atoms with E-state index in [2.05, 4.69) is 68.0 Å². The van der Waals surface area contributed by atoms with Gasteiger partial charge in [0.2, 0.25) is 5.84 Å². The second-order valence-corrected chi connectivity index (χ2v) is 15.0. The molecular weight excluding hydrogens is 436 g/mol. The van der Waals surface area contributed by atoms with Crippen molar-refractivity contribution in [3.63, 3.8) is 0 Å². The number of nitrogens with zero attached hydrogens (tertiary/aromatic N) is 2. The summed E-state index contributed by atoms with van der Waals surface area (Å²) in [5.74, 6) is -0.350. The summed E-state index contributed by atoms with van der Waals surface area (Å²) in [5, 5.41) is 0.167. The molecule has 1 unspecified atom stereocenters. The molecule has 4 nitrogen and oxygen atoms in total. The fraction of sp³-hybridized carbons (Fsp3) is 0.346. The first kappa shape index (κ1) is 23.5. The normalized spacial score (nSPS) is 18.6. The van der Waals surface area contributed by atoms with Gasteiger partial charge in [-0.05, 0) is 48.0 Å². The van der Waals surface area contributed by atoms with Crippen LogP contribution in [0.4, 0.5) is 14.5 Å². The van der Waals surface area contributed by atoms with Gasteiger partial charge >= 0.3 is 0 Å². The predicted octanol–water partition coefficient (Wildman–Crippen LogP) is 5.46. The average Bonchev–Trinajstić information content (AvgIpc) is 3.07. The zero-order chi connectivity index (χ0) is 24.0. The van der Waals surface area contributed by atoms with Crippen LogP contribution < -0.4 is 9.80 Å². The summed E-state index contributed by atoms with van der Waals surface area (Å²) < 4.78 is 34.1. The maximum atomic E-state index is 14.4. The predicted molar refractivity (Wildman–Crippen MR) is 132 cm³/mol. The number of rotatable bonds is 5. The lowest BCUT2D eigenvalue weighted by Gasteiger charge is -2.36. The molecule has 2 aromatic rings. The topological polar surface area (TPSA) is 29.3 Å². The van der Waals surface area contributed by atoms with Gasteiger partial charge in [0, 0.05) is 36.5 Å². The molecule has 0 radical (unpaired) electrons. The van der Waals surface area contributed by atoms with Crippen molar-refractivity contribution in [3.8, 4) is 0 Å². The molecule has 0 bridgehead atoms. The Hall–Kier alpha value is -2.61. The second-order valence-electron chi connectivity index (χ2n) is 10.2. The van der Waals surface area contributed by atoms with Crippen molar-refractivity contribution in [3.05, 3.63) is 83.2 Å². The minimum Gasteiger partial charge on any atom is -0.413 e. The minimum absolute atomic E-state index is 0.167. The zero-order valence-corrected chi connectivity index (χ0v) is 21.2. The Morgan fingerprint density at radius 3 is 2.58 bits per heavy atom. The molecule has 2 aromatic carbocycles. The zero-order valence-electron chi connectivity index (χ0n) is 20.2. The van der Waals surface area contributed by atoms with E-state index >= 15 is 0 Å². The van der Waals surface area contributed by atoms with Crippen LogP contribution in [0, 0.1) is 11.6 Å². The van der Waals surface area contributed by atoms with E-state index in [1.165, 1.54) is 12.1 Å². The maximum Gasteiger partial charge on any atom is 0.234 e. The van der Waals surface area contributed by atoms with Gasteiger partial charge in [-0.3, -0.25) is 4.90 Å². The van der Waals surface area contributed by atoms with E-state index < -0.39 is 20.0 Å². The molecule has 2 aliphatic heterocycles. The van der Waals surface area contributed by atoms with E-state index in [-0.39, 0.29) is 5.04 Å². The number of halogens is 2. The summed E-state index contributed by atoms with van der Waals surface area (Å²) in [6.45, 7) is 14.4. The smallest absolute Gasteiger partial charge is 0.234 e. The summed E-state index contributed by atoms with van der Waals surface area (Å²) in [6.07, 6.45) is 3.96. The number of quaternary nitrogens is 1. The van der Waals surface area contributed by atoms with Crippen LogP contribution in [-0.4, -0.2) is 20.8 Å². The fourth-order valence-electron chi connectivity index (χ4n) is 3.75. The molecule has 4 rings (SSSR count). The Kier molecular flexibility index (Phi) is 6.16. The summed E-state index contributed by atoms with van der Waals surface area (Å²) in [6, 6.07) is 12.0. The van der Waals surface area contributed by atoms with Gasteiger partial charge in [-0.15, -0.1) is 0 Å². The Morgan fingerprint density at radius 1 is 1.12 bits per heavy atom. The van der Waals surface area contributed by atoms with E-state index in [4.69, 9.17) is 4.43 Å². The highest BCUT2D eigenvalue weighted by molar-refractivity contribution is 6.74. The molecule has 2 aliphatic rings. The molecule has 1 N–H and O–H groups in total. The lowest BCUT2D eigenvalue weighted by molar-refractivity contribution is -0.757. The second kappa shape index (κ2) is 8.63. The van der Waals surface area contributed by atoms with Crippen LogP contribution in [0.5, 0.6) is 0 Å². The number of benzene rings is 2. The Labute approximate surface area is 196 Å². The first-order chi connectivity index (χ1) is 15.5. The largest absolute Gasteiger partial charge is 0.413 e. The van der Waals surface area contributed by atoms with E-state index in [1.807, 2.05) is 19.2 Å². The van der Waals surface area contributed by atoms with Crippen LogP contribution >= 0.6 is 0 Å². The van der Waals surface area contributed by atoms with E-state index in [9.17, 15) is 8.78 Å². The highest BCUT2D eigenvalue weighted by Gasteiger charge is 2.37. The van der Waals surface area contributed by atoms with Gasteiger partial charge in [-0.2, -0.15) is 4.99 Å². The molecule has 0 spiro atoms. The van der Waals surface area contributed by atoms with Crippen molar-refractivity contribution >= 4 is 25.5 Å². The van der Waals surface area contributed by atoms with Crippen LogP contribution in [0.3, 0.4) is 0 Å². The number of aliphatic imine (C=N–C) groups is 1. The maximum absolute atomic E-state index is 14.4. The summed E-state index contributed by atoms with van der Waals surface area (Å²) >= 11 is 0. The molecule has 33 heavy (non-hydrogen) atoms. The number of amidine groups is 1. The van der Waals surface area contributed by atoms with Crippen molar-refractivity contribution in [1.82, 2.24) is 0 Å². The Bertz CT molecular complexity index is 1160. The average molecular weight is 469 g/mol. The highest BCUT2D eigenvalue weighted by Crippen LogP contribution is 2.37. The molecule has 0 saturated carbocycles. The van der Waals surface area contributed by atoms with Crippen molar-refractivity contribution in [2.75, 3.05) is 11.6 Å². The van der Waals surface area contributed by atoms with E-state index in [0.717, 1.165) is 33.7 Å². The van der Waals surface area contributed by atoms with E-state index in [1.54, 1.807) is 0 Å². The molecule has 2 heterocycles. The number of nitrogens with one attached hydrogen (secondary N) is 1. The number of hydrogen-bond donors (Lipinski definition) is 1. The molecule has 0 aromatic heterocycles. The van der Waals surface area contributed by atoms with Gasteiger partial charge in [0.15, 0.2) is 15.0 Å². The first-order valence-electron chi connectivity index (χ1n) is 11.3. The lowest BCUT2D eigenvalue weighted by Crippen LogP contribution is -3.13. The van der Waals surface area contributed by atoms with Crippen LogP contribution in [0.2, 0.25) is 18.1 Å². The quantitative estimate of drug-likeness (QED) is 0.590. The third-order valence-corrected chi connectivity index (χ3v) is 11.4. The number of anilines is 1. The van der Waals surface area contributed by atoms with Crippen LogP contribution in [-0.2, 0) is 11.0 Å². The highest BCUT2D eigenvalue weighted by atomic mass is 28.4. The molecule has 174 valence electrons. The summed E-state index contributed by atoms with van der Waals surface area (Å²) in [4.78, 5) is 7.86. The molecular formula is C26H32F2N3OSi+. The standard InChI is InChI=1S/C26H31F2N3OSi/c1-18-25(22-11-10-20(27)15-23(22)28)29-24-12-13-30(17-31(18)24)21-9-7-8-19(14-21)16-32-33(5,6)26(2,3)4/h7-15H,16-17H2,1-6H3/p+1. The van der Waals surface area contributed by atoms with Crippen molar-refractivity contribution in [2.24, 2.45) is 4.99 Å². The third kappa shape index (κ3) is 4.71. The van der Waals surface area contributed by atoms with Crippen molar-refractivity contribution in [2.45, 2.75) is 52.4 Å². The lowest BCUT2D eigenvalue weighted by atomic mass is 10.1. The molecule has 0 amide bonds. The number of fused-ring (bicyclic) bond motifs is 1. The summed E-state index contributed by atoms with van der Waals surface area (Å²) in [5.41, 5.74) is 4.03. The monoisotopic (exact) mass is 468 g/mol. The van der Waals surface area contributed by atoms with Gasteiger partial charge in [-0.1, -0.05) is 32.9 Å². The van der Waals surface area contributed by atoms with Crippen LogP contribution in [0.1, 0.15) is 38.8 Å². The number of hydrogen-bond acceptors (Lipinski definition) is 3. The van der Waals surface area contributed by atoms with E-state index in [0.29, 0.717) is 24.5 Å². The Balaban J connectivity index is 1.52. The molecule has 0 fully saturated rings. The first-order valence-corrected chi connectivity index (χ1v) is 14.2. The van der Waals surface area contributed by atoms with Gasteiger partial charge in [0.05, 0.1) is 6.61 Å². The molecule has 1 atom stereocenters. The third-order valence-electron chi connectivity index (χ3n) is 6.92. The van der Waals surface area contributed by atoms with Gasteiger partial charge < -0.3 is 4.43 Å². The molecule has 0 saturated heterocycles. The minimum atomic E-state index is -1.83. The number of allylic oxidation sites excluding steroid dienone is 1. The molecule has 7 heteroatoms. The van der Waals surface area contributed by atoms with Crippen molar-refractivity contribution < 1.29 is 18.1 Å². The SMILES string of the molecule is CC1=C(c2ccc(F)cc2F)N=C2C=CN(c3cccc(CO[Si](C)(C)C(C)(C)C)c3)C[NH+]21. The molecule has 0 aliphatic carbocycles. The van der Waals surface area contributed by atoms with Gasteiger partial charge in [0.1, 0.15) is 23.0 Å². The van der Waals surface area contributed by atoms with Gasteiger partial charge in [-0.25, -0.2) is 13.7 Å². The van der Waals surface area contributed by atoms with Crippen LogP contribution in [0.25, 0.3) is 5.70 Å². The van der Waals surface area contributed by atoms with Crippen LogP contribution in [0.15, 0.2) is 65.4 Å². The summed E-state index contributed by atoms with van der Waals surface area (Å²) in [7, 11) is -1.83. The fourth-order valence-corrected chi connectivity index (χ4v) is 4.71. The van der Waals surface area contributed by atoms with Gasteiger partial charge in [0.25, 0.3) is 0 Å².